The van der Waals surface area contributed by atoms with E-state index in [0.717, 1.165) is 18.9 Å². The third kappa shape index (κ3) is 4.25. The highest BCUT2D eigenvalue weighted by Crippen LogP contribution is 2.18. The molecule has 1 N–H and O–H groups in total. The molecule has 0 aromatic carbocycles. The van der Waals surface area contributed by atoms with Crippen LogP contribution in [0.5, 0.6) is 0 Å². The lowest BCUT2D eigenvalue weighted by Crippen LogP contribution is -2.40. The monoisotopic (exact) mass is 210 g/mol. The maximum atomic E-state index is 3.98. The smallest absolute Gasteiger partial charge is 0.0173 e. The average molecular weight is 210 g/mol. The molecule has 0 atom stereocenters. The number of rotatable bonds is 5. The summed E-state index contributed by atoms with van der Waals surface area (Å²) in [4.78, 5) is 2.57. The molecule has 0 aliphatic carbocycles. The van der Waals surface area contributed by atoms with E-state index in [-0.39, 0.29) is 0 Å². The summed E-state index contributed by atoms with van der Waals surface area (Å²) in [5.41, 5.74) is 1.18. The van der Waals surface area contributed by atoms with E-state index in [4.69, 9.17) is 0 Å². The second kappa shape index (κ2) is 6.16. The van der Waals surface area contributed by atoms with Crippen molar-refractivity contribution in [3.05, 3.63) is 12.3 Å². The minimum absolute atomic E-state index is 0.713. The topological polar surface area (TPSA) is 15.3 Å². The Morgan fingerprint density at radius 2 is 2.00 bits per heavy atom. The minimum atomic E-state index is 0.713. The molecule has 1 aliphatic heterocycles. The molecular formula is C13H26N2. The van der Waals surface area contributed by atoms with Gasteiger partial charge in [-0.1, -0.05) is 13.5 Å². The number of piperidine rings is 1. The van der Waals surface area contributed by atoms with Crippen molar-refractivity contribution in [2.75, 3.05) is 19.6 Å². The molecule has 1 rings (SSSR count). The molecule has 0 bridgehead atoms. The van der Waals surface area contributed by atoms with E-state index in [1.807, 2.05) is 0 Å². The SMILES string of the molecule is C=C(CC)NCC1CCN(C(C)C)CC1. The first-order valence-electron chi connectivity index (χ1n) is 6.29. The highest BCUT2D eigenvalue weighted by Gasteiger charge is 2.20. The van der Waals surface area contributed by atoms with Crippen LogP contribution in [-0.4, -0.2) is 30.6 Å². The number of nitrogens with zero attached hydrogens (tertiary/aromatic N) is 1. The Bertz CT molecular complexity index is 191. The van der Waals surface area contributed by atoms with Crippen molar-refractivity contribution in [2.45, 2.75) is 46.1 Å². The summed E-state index contributed by atoms with van der Waals surface area (Å²) < 4.78 is 0. The Hall–Kier alpha value is -0.500. The molecule has 0 unspecified atom stereocenters. The van der Waals surface area contributed by atoms with Crippen molar-refractivity contribution in [1.29, 1.82) is 0 Å². The molecular weight excluding hydrogens is 184 g/mol. The van der Waals surface area contributed by atoms with Crippen molar-refractivity contribution in [2.24, 2.45) is 5.92 Å². The van der Waals surface area contributed by atoms with Gasteiger partial charge in [0.1, 0.15) is 0 Å². The zero-order chi connectivity index (χ0) is 11.3. The molecule has 88 valence electrons. The number of allylic oxidation sites excluding steroid dienone is 1. The summed E-state index contributed by atoms with van der Waals surface area (Å²) in [6.07, 6.45) is 3.72. The van der Waals surface area contributed by atoms with Gasteiger partial charge in [0.05, 0.1) is 0 Å². The highest BCUT2D eigenvalue weighted by atomic mass is 15.1. The van der Waals surface area contributed by atoms with Crippen LogP contribution < -0.4 is 5.32 Å². The largest absolute Gasteiger partial charge is 0.389 e. The Labute approximate surface area is 94.7 Å². The quantitative estimate of drug-likeness (QED) is 0.750. The molecule has 0 amide bonds. The van der Waals surface area contributed by atoms with Crippen LogP contribution in [0.15, 0.2) is 12.3 Å². The fourth-order valence-corrected chi connectivity index (χ4v) is 2.09. The van der Waals surface area contributed by atoms with Gasteiger partial charge in [-0.2, -0.15) is 0 Å². The molecule has 1 aliphatic rings. The second-order valence-corrected chi connectivity index (χ2v) is 4.91. The highest BCUT2D eigenvalue weighted by molar-refractivity contribution is 4.90. The van der Waals surface area contributed by atoms with Gasteiger partial charge >= 0.3 is 0 Å². The Morgan fingerprint density at radius 1 is 1.40 bits per heavy atom. The summed E-state index contributed by atoms with van der Waals surface area (Å²) >= 11 is 0. The molecule has 0 radical (unpaired) electrons. The van der Waals surface area contributed by atoms with Gasteiger partial charge in [0.2, 0.25) is 0 Å². The van der Waals surface area contributed by atoms with E-state index >= 15 is 0 Å². The van der Waals surface area contributed by atoms with Gasteiger partial charge in [0, 0.05) is 18.3 Å². The van der Waals surface area contributed by atoms with Gasteiger partial charge in [-0.15, -0.1) is 0 Å². The summed E-state index contributed by atoms with van der Waals surface area (Å²) in [6.45, 7) is 14.4. The number of hydrogen-bond acceptors (Lipinski definition) is 2. The lowest BCUT2D eigenvalue weighted by atomic mass is 9.96. The minimum Gasteiger partial charge on any atom is -0.389 e. The van der Waals surface area contributed by atoms with Gasteiger partial charge in [-0.25, -0.2) is 0 Å². The first-order valence-corrected chi connectivity index (χ1v) is 6.29. The van der Waals surface area contributed by atoms with Crippen molar-refractivity contribution in [1.82, 2.24) is 10.2 Å². The van der Waals surface area contributed by atoms with Crippen molar-refractivity contribution >= 4 is 0 Å². The van der Waals surface area contributed by atoms with Crippen LogP contribution in [0.1, 0.15) is 40.0 Å². The van der Waals surface area contributed by atoms with Gasteiger partial charge < -0.3 is 10.2 Å². The zero-order valence-electron chi connectivity index (χ0n) is 10.6. The van der Waals surface area contributed by atoms with Crippen molar-refractivity contribution in [3.8, 4) is 0 Å². The maximum Gasteiger partial charge on any atom is 0.0173 e. The van der Waals surface area contributed by atoms with Crippen molar-refractivity contribution in [3.63, 3.8) is 0 Å². The summed E-state index contributed by atoms with van der Waals surface area (Å²) in [5.74, 6) is 0.850. The van der Waals surface area contributed by atoms with Crippen LogP contribution in [0, 0.1) is 5.92 Å². The Morgan fingerprint density at radius 3 is 2.47 bits per heavy atom. The van der Waals surface area contributed by atoms with Crippen LogP contribution in [0.2, 0.25) is 0 Å². The summed E-state index contributed by atoms with van der Waals surface area (Å²) in [6, 6.07) is 0.713. The molecule has 1 fully saturated rings. The normalized spacial score (nSPS) is 19.5. The molecule has 0 spiro atoms. The van der Waals surface area contributed by atoms with Crippen LogP contribution in [0.25, 0.3) is 0 Å². The first-order chi connectivity index (χ1) is 7.13. The lowest BCUT2D eigenvalue weighted by molar-refractivity contribution is 0.149. The molecule has 1 saturated heterocycles. The Balaban J connectivity index is 2.17. The Kier molecular flexibility index (Phi) is 5.16. The van der Waals surface area contributed by atoms with Crippen LogP contribution >= 0.6 is 0 Å². The summed E-state index contributed by atoms with van der Waals surface area (Å²) in [5, 5.41) is 3.43. The van der Waals surface area contributed by atoms with E-state index in [0.29, 0.717) is 6.04 Å². The number of nitrogens with one attached hydrogen (secondary N) is 1. The van der Waals surface area contributed by atoms with Gasteiger partial charge in [-0.05, 0) is 52.1 Å². The van der Waals surface area contributed by atoms with Crippen LogP contribution in [0.4, 0.5) is 0 Å². The van der Waals surface area contributed by atoms with Crippen LogP contribution in [0.3, 0.4) is 0 Å². The van der Waals surface area contributed by atoms with Gasteiger partial charge in [0.25, 0.3) is 0 Å². The fraction of sp³-hybridized carbons (Fsp3) is 0.846. The van der Waals surface area contributed by atoms with E-state index in [9.17, 15) is 0 Å². The van der Waals surface area contributed by atoms with Gasteiger partial charge in [0.15, 0.2) is 0 Å². The second-order valence-electron chi connectivity index (χ2n) is 4.91. The van der Waals surface area contributed by atoms with E-state index in [2.05, 4.69) is 37.6 Å². The van der Waals surface area contributed by atoms with Crippen LogP contribution in [-0.2, 0) is 0 Å². The molecule has 2 nitrogen and oxygen atoms in total. The molecule has 0 saturated carbocycles. The number of hydrogen-bond donors (Lipinski definition) is 1. The fourth-order valence-electron chi connectivity index (χ4n) is 2.09. The lowest BCUT2D eigenvalue weighted by Gasteiger charge is -2.34. The molecule has 15 heavy (non-hydrogen) atoms. The predicted octanol–water partition coefficient (Wildman–Crippen LogP) is 2.62. The standard InChI is InChI=1S/C13H26N2/c1-5-12(4)14-10-13-6-8-15(9-7-13)11(2)3/h11,13-14H,4-10H2,1-3H3. The maximum absolute atomic E-state index is 3.98. The third-order valence-electron chi connectivity index (χ3n) is 3.45. The number of likely N-dealkylation sites (tertiary alicyclic amines) is 1. The average Bonchev–Trinajstić information content (AvgIpc) is 2.26. The molecule has 0 aromatic rings. The molecule has 0 aromatic heterocycles. The van der Waals surface area contributed by atoms with E-state index in [1.165, 1.54) is 31.6 Å². The zero-order valence-corrected chi connectivity index (χ0v) is 10.6. The third-order valence-corrected chi connectivity index (χ3v) is 3.45. The summed E-state index contributed by atoms with van der Waals surface area (Å²) in [7, 11) is 0. The van der Waals surface area contributed by atoms with E-state index < -0.39 is 0 Å². The van der Waals surface area contributed by atoms with Crippen molar-refractivity contribution < 1.29 is 0 Å². The first kappa shape index (κ1) is 12.6. The molecule has 1 heterocycles. The van der Waals surface area contributed by atoms with Gasteiger partial charge in [-0.3, -0.25) is 0 Å². The van der Waals surface area contributed by atoms with E-state index in [1.54, 1.807) is 0 Å². The molecule has 2 heteroatoms. The predicted molar refractivity (Wildman–Crippen MR) is 66.9 cm³/mol.